The molecule has 0 amide bonds. The van der Waals surface area contributed by atoms with Crippen molar-refractivity contribution in [1.82, 2.24) is 0 Å². The number of esters is 1. The van der Waals surface area contributed by atoms with Gasteiger partial charge in [0.05, 0.1) is 0 Å². The first kappa shape index (κ1) is 10.8. The zero-order valence-electron chi connectivity index (χ0n) is 10.7. The number of ether oxygens (including phenoxy) is 1. The van der Waals surface area contributed by atoms with Crippen molar-refractivity contribution in [2.75, 3.05) is 0 Å². The first-order chi connectivity index (χ1) is 8.04. The molecule has 0 saturated heterocycles. The number of allylic oxidation sites excluding steroid dienone is 3. The molecule has 0 N–H and O–H groups in total. The lowest BCUT2D eigenvalue weighted by Crippen LogP contribution is -2.25. The van der Waals surface area contributed by atoms with Crippen molar-refractivity contribution in [3.63, 3.8) is 0 Å². The fourth-order valence-corrected chi connectivity index (χ4v) is 3.52. The lowest BCUT2D eigenvalue weighted by Gasteiger charge is -2.35. The van der Waals surface area contributed by atoms with E-state index in [0.29, 0.717) is 5.92 Å². The third-order valence-electron chi connectivity index (χ3n) is 4.77. The van der Waals surface area contributed by atoms with E-state index >= 15 is 0 Å². The SMILES string of the molecule is CC1=CC2=C(C)C(=O)OC2=CC12CCCC2C. The van der Waals surface area contributed by atoms with Crippen LogP contribution in [0.5, 0.6) is 0 Å². The standard InChI is InChI=1S/C15H18O2/c1-9-5-4-6-15(9)8-13-12(7-10(15)2)11(3)14(16)17-13/h7-9H,4-6H2,1-3H3. The van der Waals surface area contributed by atoms with Gasteiger partial charge in [-0.2, -0.15) is 0 Å². The molecule has 2 aliphatic carbocycles. The van der Waals surface area contributed by atoms with Gasteiger partial charge < -0.3 is 4.74 Å². The highest BCUT2D eigenvalue weighted by atomic mass is 16.5. The van der Waals surface area contributed by atoms with Crippen LogP contribution in [0.1, 0.15) is 40.0 Å². The van der Waals surface area contributed by atoms with Gasteiger partial charge in [0.1, 0.15) is 5.76 Å². The summed E-state index contributed by atoms with van der Waals surface area (Å²) in [4.78, 5) is 11.6. The van der Waals surface area contributed by atoms with Crippen molar-refractivity contribution in [3.8, 4) is 0 Å². The molecular weight excluding hydrogens is 212 g/mol. The highest BCUT2D eigenvalue weighted by Gasteiger charge is 2.44. The van der Waals surface area contributed by atoms with E-state index in [-0.39, 0.29) is 11.4 Å². The minimum absolute atomic E-state index is 0.143. The Morgan fingerprint density at radius 2 is 2.18 bits per heavy atom. The van der Waals surface area contributed by atoms with Gasteiger partial charge in [-0.25, -0.2) is 4.79 Å². The maximum Gasteiger partial charge on any atom is 0.339 e. The summed E-state index contributed by atoms with van der Waals surface area (Å²) in [5, 5.41) is 0. The number of hydrogen-bond acceptors (Lipinski definition) is 2. The molecule has 3 aliphatic rings. The smallest absolute Gasteiger partial charge is 0.339 e. The fourth-order valence-electron chi connectivity index (χ4n) is 3.52. The monoisotopic (exact) mass is 230 g/mol. The Balaban J connectivity index is 2.13. The zero-order chi connectivity index (χ0) is 12.2. The number of hydrogen-bond donors (Lipinski definition) is 0. The topological polar surface area (TPSA) is 26.3 Å². The van der Waals surface area contributed by atoms with E-state index in [1.54, 1.807) is 0 Å². The van der Waals surface area contributed by atoms with E-state index in [2.05, 4.69) is 26.0 Å². The summed E-state index contributed by atoms with van der Waals surface area (Å²) in [5.74, 6) is 1.26. The summed E-state index contributed by atoms with van der Waals surface area (Å²) >= 11 is 0. The average molecular weight is 230 g/mol. The number of carbonyl (C=O) groups excluding carboxylic acids is 1. The van der Waals surface area contributed by atoms with Gasteiger partial charge in [-0.15, -0.1) is 0 Å². The second-order valence-electron chi connectivity index (χ2n) is 5.60. The lowest BCUT2D eigenvalue weighted by atomic mass is 9.69. The number of fused-ring (bicyclic) bond motifs is 1. The average Bonchev–Trinajstić information content (AvgIpc) is 2.76. The lowest BCUT2D eigenvalue weighted by molar-refractivity contribution is -0.133. The summed E-state index contributed by atoms with van der Waals surface area (Å²) in [6.07, 6.45) is 8.09. The van der Waals surface area contributed by atoms with Crippen molar-refractivity contribution in [3.05, 3.63) is 34.6 Å². The molecule has 0 aromatic rings. The van der Waals surface area contributed by atoms with Gasteiger partial charge in [-0.3, -0.25) is 0 Å². The predicted octanol–water partition coefficient (Wildman–Crippen LogP) is 3.51. The van der Waals surface area contributed by atoms with E-state index in [0.717, 1.165) is 16.9 Å². The maximum atomic E-state index is 11.6. The van der Waals surface area contributed by atoms with Crippen molar-refractivity contribution in [2.45, 2.75) is 40.0 Å². The molecule has 2 heteroatoms. The van der Waals surface area contributed by atoms with Gasteiger partial charge in [0, 0.05) is 16.6 Å². The van der Waals surface area contributed by atoms with Gasteiger partial charge in [-0.1, -0.05) is 25.0 Å². The molecule has 1 saturated carbocycles. The summed E-state index contributed by atoms with van der Waals surface area (Å²) in [6.45, 7) is 6.34. The van der Waals surface area contributed by atoms with Crippen LogP contribution in [0.4, 0.5) is 0 Å². The molecule has 17 heavy (non-hydrogen) atoms. The Hall–Kier alpha value is -1.31. The van der Waals surface area contributed by atoms with E-state index in [1.807, 2.05) is 6.92 Å². The van der Waals surface area contributed by atoms with Crippen LogP contribution in [0.15, 0.2) is 34.6 Å². The Bertz CT molecular complexity index is 493. The summed E-state index contributed by atoms with van der Waals surface area (Å²) < 4.78 is 5.36. The third-order valence-corrected chi connectivity index (χ3v) is 4.77. The van der Waals surface area contributed by atoms with E-state index in [4.69, 9.17) is 4.74 Å². The number of rotatable bonds is 0. The first-order valence-corrected chi connectivity index (χ1v) is 6.39. The summed E-state index contributed by atoms with van der Waals surface area (Å²) in [6, 6.07) is 0. The van der Waals surface area contributed by atoms with Gasteiger partial charge in [-0.05, 0) is 38.7 Å². The molecule has 0 aromatic carbocycles. The Kier molecular flexibility index (Phi) is 2.13. The van der Waals surface area contributed by atoms with Crippen molar-refractivity contribution >= 4 is 5.97 Å². The van der Waals surface area contributed by atoms with Crippen LogP contribution in [-0.2, 0) is 9.53 Å². The minimum Gasteiger partial charge on any atom is -0.423 e. The van der Waals surface area contributed by atoms with Crippen molar-refractivity contribution in [2.24, 2.45) is 11.3 Å². The molecule has 90 valence electrons. The fraction of sp³-hybridized carbons (Fsp3) is 0.533. The van der Waals surface area contributed by atoms with Crippen LogP contribution >= 0.6 is 0 Å². The molecule has 0 radical (unpaired) electrons. The molecule has 2 atom stereocenters. The quantitative estimate of drug-likeness (QED) is 0.595. The van der Waals surface area contributed by atoms with Gasteiger partial charge in [0.15, 0.2) is 0 Å². The van der Waals surface area contributed by atoms with Crippen LogP contribution in [0, 0.1) is 11.3 Å². The number of carbonyl (C=O) groups is 1. The molecule has 1 fully saturated rings. The third kappa shape index (κ3) is 1.30. The molecule has 3 rings (SSSR count). The normalized spacial score (nSPS) is 35.9. The molecular formula is C15H18O2. The Morgan fingerprint density at radius 1 is 1.41 bits per heavy atom. The van der Waals surface area contributed by atoms with E-state index < -0.39 is 0 Å². The van der Waals surface area contributed by atoms with E-state index in [1.165, 1.54) is 24.8 Å². The van der Waals surface area contributed by atoms with Crippen LogP contribution in [0.2, 0.25) is 0 Å². The minimum atomic E-state index is -0.182. The Labute approximate surface area is 102 Å². The van der Waals surface area contributed by atoms with Gasteiger partial charge in [0.25, 0.3) is 0 Å². The van der Waals surface area contributed by atoms with Crippen LogP contribution in [0.3, 0.4) is 0 Å². The van der Waals surface area contributed by atoms with Gasteiger partial charge in [0.2, 0.25) is 0 Å². The predicted molar refractivity (Wildman–Crippen MR) is 66.1 cm³/mol. The zero-order valence-corrected chi connectivity index (χ0v) is 10.7. The molecule has 0 bridgehead atoms. The molecule has 2 nitrogen and oxygen atoms in total. The first-order valence-electron chi connectivity index (χ1n) is 6.39. The van der Waals surface area contributed by atoms with E-state index in [9.17, 15) is 4.79 Å². The molecule has 2 unspecified atom stereocenters. The van der Waals surface area contributed by atoms with Crippen molar-refractivity contribution in [1.29, 1.82) is 0 Å². The Morgan fingerprint density at radius 3 is 2.82 bits per heavy atom. The summed E-state index contributed by atoms with van der Waals surface area (Å²) in [5.41, 5.74) is 3.27. The molecule has 1 heterocycles. The maximum absolute atomic E-state index is 11.6. The highest BCUT2D eigenvalue weighted by molar-refractivity contribution is 5.95. The molecule has 0 aromatic heterocycles. The van der Waals surface area contributed by atoms with Gasteiger partial charge >= 0.3 is 5.97 Å². The second-order valence-corrected chi connectivity index (χ2v) is 5.60. The molecule has 1 aliphatic heterocycles. The van der Waals surface area contributed by atoms with Crippen molar-refractivity contribution < 1.29 is 9.53 Å². The second kappa shape index (κ2) is 3.34. The molecule has 1 spiro atoms. The van der Waals surface area contributed by atoms with Crippen LogP contribution in [0.25, 0.3) is 0 Å². The van der Waals surface area contributed by atoms with Crippen LogP contribution in [-0.4, -0.2) is 5.97 Å². The largest absolute Gasteiger partial charge is 0.423 e. The van der Waals surface area contributed by atoms with Crippen LogP contribution < -0.4 is 0 Å². The summed E-state index contributed by atoms with van der Waals surface area (Å²) in [7, 11) is 0. The highest BCUT2D eigenvalue weighted by Crippen LogP contribution is 2.53.